The lowest BCUT2D eigenvalue weighted by Crippen LogP contribution is -2.40. The largest absolute Gasteiger partial charge is 0.448 e. The van der Waals surface area contributed by atoms with Crippen LogP contribution in [0.25, 0.3) is 0 Å². The van der Waals surface area contributed by atoms with Gasteiger partial charge in [-0.25, -0.2) is 0 Å². The SMILES string of the molecule is CCc1nnc([C@@H](C)Nc2ccc3c(c2)OC2(CCCCC2)O3)o1. The molecule has 1 saturated carbocycles. The summed E-state index contributed by atoms with van der Waals surface area (Å²) in [7, 11) is 0. The van der Waals surface area contributed by atoms with Gasteiger partial charge in [0.25, 0.3) is 5.79 Å². The minimum Gasteiger partial charge on any atom is -0.448 e. The van der Waals surface area contributed by atoms with Crippen LogP contribution in [-0.4, -0.2) is 16.0 Å². The second-order valence-corrected chi connectivity index (χ2v) is 6.59. The van der Waals surface area contributed by atoms with E-state index in [1.54, 1.807) is 0 Å². The third-order valence-electron chi connectivity index (χ3n) is 4.69. The zero-order valence-electron chi connectivity index (χ0n) is 14.2. The third-order valence-corrected chi connectivity index (χ3v) is 4.69. The lowest BCUT2D eigenvalue weighted by Gasteiger charge is -2.31. The van der Waals surface area contributed by atoms with E-state index in [-0.39, 0.29) is 6.04 Å². The van der Waals surface area contributed by atoms with E-state index in [4.69, 9.17) is 13.9 Å². The first kappa shape index (κ1) is 15.3. The molecule has 0 bridgehead atoms. The fourth-order valence-corrected chi connectivity index (χ4v) is 3.37. The minimum absolute atomic E-state index is 0.0678. The van der Waals surface area contributed by atoms with Crippen molar-refractivity contribution in [2.24, 2.45) is 0 Å². The molecule has 0 radical (unpaired) electrons. The highest BCUT2D eigenvalue weighted by molar-refractivity contribution is 5.56. The Morgan fingerprint density at radius 2 is 1.92 bits per heavy atom. The first-order valence-corrected chi connectivity index (χ1v) is 8.78. The Balaban J connectivity index is 1.47. The van der Waals surface area contributed by atoms with Gasteiger partial charge in [0.2, 0.25) is 11.8 Å². The maximum atomic E-state index is 6.17. The first-order chi connectivity index (χ1) is 11.7. The van der Waals surface area contributed by atoms with Crippen molar-refractivity contribution in [3.63, 3.8) is 0 Å². The van der Waals surface area contributed by atoms with Crippen molar-refractivity contribution in [1.29, 1.82) is 0 Å². The summed E-state index contributed by atoms with van der Waals surface area (Å²) < 4.78 is 17.9. The van der Waals surface area contributed by atoms with Crippen molar-refractivity contribution in [3.8, 4) is 11.5 Å². The Morgan fingerprint density at radius 1 is 1.12 bits per heavy atom. The summed E-state index contributed by atoms with van der Waals surface area (Å²) in [5.41, 5.74) is 0.953. The molecule has 0 unspecified atom stereocenters. The third kappa shape index (κ3) is 2.81. The zero-order chi connectivity index (χ0) is 16.6. The van der Waals surface area contributed by atoms with Gasteiger partial charge in [-0.05, 0) is 31.9 Å². The molecular weight excluding hydrogens is 306 g/mol. The van der Waals surface area contributed by atoms with Crippen molar-refractivity contribution in [3.05, 3.63) is 30.0 Å². The zero-order valence-corrected chi connectivity index (χ0v) is 14.2. The Kier molecular flexibility index (Phi) is 3.82. The van der Waals surface area contributed by atoms with Crippen LogP contribution in [-0.2, 0) is 6.42 Å². The van der Waals surface area contributed by atoms with Crippen LogP contribution in [0.15, 0.2) is 22.6 Å². The summed E-state index contributed by atoms with van der Waals surface area (Å²) in [6.07, 6.45) is 6.25. The predicted octanol–water partition coefficient (Wildman–Crippen LogP) is 4.24. The molecule has 1 atom stereocenters. The molecule has 1 fully saturated rings. The van der Waals surface area contributed by atoms with Crippen LogP contribution in [0.2, 0.25) is 0 Å². The number of rotatable bonds is 4. The number of aromatic nitrogens is 2. The Morgan fingerprint density at radius 3 is 2.67 bits per heavy atom. The fraction of sp³-hybridized carbons (Fsp3) is 0.556. The van der Waals surface area contributed by atoms with Crippen LogP contribution in [0.5, 0.6) is 11.5 Å². The number of ether oxygens (including phenoxy) is 2. The topological polar surface area (TPSA) is 69.4 Å². The van der Waals surface area contributed by atoms with Gasteiger partial charge in [-0.15, -0.1) is 10.2 Å². The molecule has 24 heavy (non-hydrogen) atoms. The van der Waals surface area contributed by atoms with Gasteiger partial charge < -0.3 is 19.2 Å². The number of anilines is 1. The number of benzene rings is 1. The van der Waals surface area contributed by atoms with Crippen molar-refractivity contribution < 1.29 is 13.9 Å². The molecule has 1 aromatic carbocycles. The first-order valence-electron chi connectivity index (χ1n) is 8.78. The van der Waals surface area contributed by atoms with Crippen molar-refractivity contribution >= 4 is 5.69 Å². The molecule has 1 aromatic heterocycles. The van der Waals surface area contributed by atoms with Crippen molar-refractivity contribution in [2.45, 2.75) is 64.2 Å². The van der Waals surface area contributed by atoms with E-state index in [0.717, 1.165) is 49.3 Å². The number of nitrogens with zero attached hydrogens (tertiary/aromatic N) is 2. The molecule has 0 saturated heterocycles. The Labute approximate surface area is 141 Å². The molecule has 1 aliphatic carbocycles. The van der Waals surface area contributed by atoms with Crippen LogP contribution in [0.4, 0.5) is 5.69 Å². The number of fused-ring (bicyclic) bond motifs is 1. The smallest absolute Gasteiger partial charge is 0.251 e. The number of nitrogens with one attached hydrogen (secondary N) is 1. The van der Waals surface area contributed by atoms with Gasteiger partial charge >= 0.3 is 0 Å². The molecular formula is C18H23N3O3. The van der Waals surface area contributed by atoms with E-state index in [2.05, 4.69) is 15.5 Å². The van der Waals surface area contributed by atoms with Gasteiger partial charge in [-0.2, -0.15) is 0 Å². The molecule has 4 rings (SSSR count). The second kappa shape index (κ2) is 6.00. The average Bonchev–Trinajstić information content (AvgIpc) is 3.19. The predicted molar refractivity (Wildman–Crippen MR) is 89.2 cm³/mol. The Bertz CT molecular complexity index is 722. The highest BCUT2D eigenvalue weighted by atomic mass is 16.7. The Hall–Kier alpha value is -2.24. The summed E-state index contributed by atoms with van der Waals surface area (Å²) in [5.74, 6) is 2.46. The maximum Gasteiger partial charge on any atom is 0.251 e. The molecule has 1 aliphatic heterocycles. The average molecular weight is 329 g/mol. The summed E-state index contributed by atoms with van der Waals surface area (Å²) in [4.78, 5) is 0. The fourth-order valence-electron chi connectivity index (χ4n) is 3.37. The van der Waals surface area contributed by atoms with Gasteiger partial charge in [0.1, 0.15) is 6.04 Å². The second-order valence-electron chi connectivity index (χ2n) is 6.59. The summed E-state index contributed by atoms with van der Waals surface area (Å²) in [5, 5.41) is 11.5. The summed E-state index contributed by atoms with van der Waals surface area (Å²) in [6, 6.07) is 5.89. The van der Waals surface area contributed by atoms with E-state index < -0.39 is 5.79 Å². The van der Waals surface area contributed by atoms with Crippen LogP contribution >= 0.6 is 0 Å². The molecule has 6 heteroatoms. The minimum atomic E-state index is -0.437. The molecule has 2 heterocycles. The highest BCUT2D eigenvalue weighted by Gasteiger charge is 2.42. The van der Waals surface area contributed by atoms with E-state index in [0.29, 0.717) is 11.8 Å². The summed E-state index contributed by atoms with van der Waals surface area (Å²) >= 11 is 0. The van der Waals surface area contributed by atoms with Gasteiger partial charge in [0, 0.05) is 31.0 Å². The molecule has 1 spiro atoms. The quantitative estimate of drug-likeness (QED) is 0.905. The van der Waals surface area contributed by atoms with Crippen LogP contribution in [0, 0.1) is 0 Å². The lowest BCUT2D eigenvalue weighted by molar-refractivity contribution is -0.105. The van der Waals surface area contributed by atoms with Crippen LogP contribution in [0.1, 0.15) is 63.8 Å². The highest BCUT2D eigenvalue weighted by Crippen LogP contribution is 2.46. The van der Waals surface area contributed by atoms with E-state index in [9.17, 15) is 0 Å². The van der Waals surface area contributed by atoms with Gasteiger partial charge in [-0.3, -0.25) is 0 Å². The van der Waals surface area contributed by atoms with Gasteiger partial charge in [-0.1, -0.05) is 13.3 Å². The maximum absolute atomic E-state index is 6.17. The van der Waals surface area contributed by atoms with Crippen LogP contribution in [0.3, 0.4) is 0 Å². The van der Waals surface area contributed by atoms with Crippen molar-refractivity contribution in [2.75, 3.05) is 5.32 Å². The molecule has 128 valence electrons. The molecule has 2 aromatic rings. The number of hydrogen-bond acceptors (Lipinski definition) is 6. The van der Waals surface area contributed by atoms with Crippen molar-refractivity contribution in [1.82, 2.24) is 10.2 Å². The van der Waals surface area contributed by atoms with E-state index in [1.807, 2.05) is 32.0 Å². The molecule has 1 N–H and O–H groups in total. The molecule has 6 nitrogen and oxygen atoms in total. The van der Waals surface area contributed by atoms with E-state index in [1.165, 1.54) is 6.42 Å². The monoisotopic (exact) mass is 329 g/mol. The van der Waals surface area contributed by atoms with E-state index >= 15 is 0 Å². The number of hydrogen-bond donors (Lipinski definition) is 1. The standard InChI is InChI=1S/C18H23N3O3/c1-3-16-20-21-17(22-16)12(2)19-13-7-8-14-15(11-13)24-18(23-14)9-5-4-6-10-18/h7-8,11-12,19H,3-6,9-10H2,1-2H3/t12-/m1/s1. The number of aryl methyl sites for hydroxylation is 1. The lowest BCUT2D eigenvalue weighted by atomic mass is 9.94. The van der Waals surface area contributed by atoms with Gasteiger partial charge in [0.15, 0.2) is 11.5 Å². The normalized spacial score (nSPS) is 19.4. The van der Waals surface area contributed by atoms with Gasteiger partial charge in [0.05, 0.1) is 0 Å². The summed E-state index contributed by atoms with van der Waals surface area (Å²) in [6.45, 7) is 3.99. The van der Waals surface area contributed by atoms with Crippen LogP contribution < -0.4 is 14.8 Å². The molecule has 2 aliphatic rings. The molecule has 0 amide bonds.